The number of aromatic nitrogens is 2. The summed E-state index contributed by atoms with van der Waals surface area (Å²) in [6.45, 7) is 2.31. The Bertz CT molecular complexity index is 1150. The Morgan fingerprint density at radius 2 is 1.90 bits per heavy atom. The zero-order chi connectivity index (χ0) is 21.5. The van der Waals surface area contributed by atoms with E-state index in [4.69, 9.17) is 4.52 Å². The molecule has 0 bridgehead atoms. The topological polar surface area (TPSA) is 76.3 Å². The van der Waals surface area contributed by atoms with Gasteiger partial charge in [-0.25, -0.2) is 8.42 Å². The normalized spacial score (nSPS) is 16.8. The average Bonchev–Trinajstić information content (AvgIpc) is 3.37. The molecule has 0 atom stereocenters. The summed E-state index contributed by atoms with van der Waals surface area (Å²) < 4.78 is 71.0. The Morgan fingerprint density at radius 1 is 1.17 bits per heavy atom. The first-order valence-corrected chi connectivity index (χ1v) is 11.5. The molecule has 1 aromatic carbocycles. The van der Waals surface area contributed by atoms with Crippen LogP contribution in [0, 0.1) is 6.92 Å². The van der Waals surface area contributed by atoms with Gasteiger partial charge in [0.25, 0.3) is 0 Å². The van der Waals surface area contributed by atoms with Crippen LogP contribution in [0.3, 0.4) is 0 Å². The molecule has 0 aliphatic carbocycles. The molecule has 1 aliphatic rings. The van der Waals surface area contributed by atoms with E-state index in [1.165, 1.54) is 10.4 Å². The van der Waals surface area contributed by atoms with Crippen molar-refractivity contribution in [2.75, 3.05) is 13.1 Å². The first kappa shape index (κ1) is 21.0. The minimum Gasteiger partial charge on any atom is -0.339 e. The van der Waals surface area contributed by atoms with Crippen molar-refractivity contribution >= 4 is 21.4 Å². The smallest absolute Gasteiger partial charge is 0.339 e. The molecule has 30 heavy (non-hydrogen) atoms. The van der Waals surface area contributed by atoms with Gasteiger partial charge >= 0.3 is 6.18 Å². The molecule has 2 aromatic heterocycles. The molecule has 11 heteroatoms. The third-order valence-corrected chi connectivity index (χ3v) is 7.90. The van der Waals surface area contributed by atoms with Gasteiger partial charge in [0.2, 0.25) is 21.7 Å². The van der Waals surface area contributed by atoms with Crippen molar-refractivity contribution in [3.8, 4) is 10.7 Å². The molecule has 160 valence electrons. The molecule has 4 rings (SSSR count). The number of aryl methyl sites for hydroxylation is 1. The van der Waals surface area contributed by atoms with E-state index in [1.807, 2.05) is 19.1 Å². The lowest BCUT2D eigenvalue weighted by molar-refractivity contribution is -0.137. The number of halogens is 3. The van der Waals surface area contributed by atoms with Crippen LogP contribution >= 0.6 is 11.3 Å². The lowest BCUT2D eigenvalue weighted by Crippen LogP contribution is -2.38. The molecule has 0 unspecified atom stereocenters. The highest BCUT2D eigenvalue weighted by Crippen LogP contribution is 2.34. The Morgan fingerprint density at radius 3 is 2.53 bits per heavy atom. The van der Waals surface area contributed by atoms with Crippen molar-refractivity contribution < 1.29 is 26.1 Å². The molecule has 0 saturated carbocycles. The molecule has 1 saturated heterocycles. The number of hydrogen-bond donors (Lipinski definition) is 0. The van der Waals surface area contributed by atoms with Crippen LogP contribution in [0.4, 0.5) is 13.2 Å². The maximum atomic E-state index is 12.9. The number of hydrogen-bond acceptors (Lipinski definition) is 6. The third kappa shape index (κ3) is 4.14. The minimum absolute atomic E-state index is 0.0970. The van der Waals surface area contributed by atoms with Gasteiger partial charge in [0, 0.05) is 23.9 Å². The highest BCUT2D eigenvalue weighted by molar-refractivity contribution is 7.89. The number of piperidine rings is 1. The summed E-state index contributed by atoms with van der Waals surface area (Å²) in [6.07, 6.45) is -3.71. The lowest BCUT2D eigenvalue weighted by Gasteiger charge is -2.29. The van der Waals surface area contributed by atoms with Crippen LogP contribution in [0.5, 0.6) is 0 Å². The summed E-state index contributed by atoms with van der Waals surface area (Å²) >= 11 is 1.55. The fourth-order valence-electron chi connectivity index (χ4n) is 3.38. The largest absolute Gasteiger partial charge is 0.416 e. The average molecular weight is 457 g/mol. The minimum atomic E-state index is -4.60. The zero-order valence-electron chi connectivity index (χ0n) is 15.9. The predicted molar refractivity (Wildman–Crippen MR) is 105 cm³/mol. The SMILES string of the molecule is Cc1ccc(-c2noc(C3CCN(S(=O)(=O)c4cccc(C(F)(F)F)c4)CC3)n2)s1. The summed E-state index contributed by atoms with van der Waals surface area (Å²) in [7, 11) is -4.02. The van der Waals surface area contributed by atoms with E-state index >= 15 is 0 Å². The molecular weight excluding hydrogens is 439 g/mol. The molecular formula is C19H18F3N3O3S2. The molecule has 0 N–H and O–H groups in total. The van der Waals surface area contributed by atoms with Crippen molar-refractivity contribution in [3.05, 3.63) is 52.7 Å². The van der Waals surface area contributed by atoms with Crippen LogP contribution in [-0.2, 0) is 16.2 Å². The molecule has 3 aromatic rings. The molecule has 0 spiro atoms. The van der Waals surface area contributed by atoms with Crippen LogP contribution in [-0.4, -0.2) is 36.0 Å². The third-order valence-electron chi connectivity index (χ3n) is 5.00. The number of sulfonamides is 1. The fourth-order valence-corrected chi connectivity index (χ4v) is 5.69. The van der Waals surface area contributed by atoms with Gasteiger partial charge in [-0.1, -0.05) is 11.2 Å². The van der Waals surface area contributed by atoms with E-state index in [0.29, 0.717) is 30.6 Å². The second-order valence-corrected chi connectivity index (χ2v) is 10.3. The van der Waals surface area contributed by atoms with Gasteiger partial charge in [0.05, 0.1) is 15.3 Å². The quantitative estimate of drug-likeness (QED) is 0.568. The van der Waals surface area contributed by atoms with Crippen LogP contribution in [0.25, 0.3) is 10.7 Å². The van der Waals surface area contributed by atoms with Crippen molar-refractivity contribution in [2.45, 2.75) is 36.8 Å². The summed E-state index contributed by atoms with van der Waals surface area (Å²) in [5.41, 5.74) is -0.985. The van der Waals surface area contributed by atoms with Crippen LogP contribution in [0.15, 0.2) is 45.8 Å². The van der Waals surface area contributed by atoms with E-state index in [9.17, 15) is 21.6 Å². The standard InChI is InChI=1S/C19H18F3N3O3S2/c1-12-5-6-16(29-12)17-23-18(28-24-17)13-7-9-25(10-8-13)30(26,27)15-4-2-3-14(11-15)19(20,21)22/h2-6,11,13H,7-10H2,1H3. The summed E-state index contributed by atoms with van der Waals surface area (Å²) in [5, 5.41) is 4.01. The van der Waals surface area contributed by atoms with E-state index in [0.717, 1.165) is 21.9 Å². The Hall–Kier alpha value is -2.24. The molecule has 1 aliphatic heterocycles. The van der Waals surface area contributed by atoms with Crippen molar-refractivity contribution in [1.29, 1.82) is 0 Å². The van der Waals surface area contributed by atoms with Crippen LogP contribution < -0.4 is 0 Å². The summed E-state index contributed by atoms with van der Waals surface area (Å²) in [6, 6.07) is 7.70. The Balaban J connectivity index is 1.46. The number of thiophene rings is 1. The predicted octanol–water partition coefficient (Wildman–Crippen LogP) is 4.69. The van der Waals surface area contributed by atoms with E-state index in [1.54, 1.807) is 11.3 Å². The van der Waals surface area contributed by atoms with Crippen molar-refractivity contribution in [1.82, 2.24) is 14.4 Å². The van der Waals surface area contributed by atoms with Crippen LogP contribution in [0.1, 0.15) is 35.1 Å². The van der Waals surface area contributed by atoms with Gasteiger partial charge < -0.3 is 4.52 Å². The highest BCUT2D eigenvalue weighted by Gasteiger charge is 2.35. The van der Waals surface area contributed by atoms with Crippen molar-refractivity contribution in [2.24, 2.45) is 0 Å². The lowest BCUT2D eigenvalue weighted by atomic mass is 9.98. The first-order valence-electron chi connectivity index (χ1n) is 9.22. The van der Waals surface area contributed by atoms with Gasteiger partial charge in [-0.05, 0) is 50.1 Å². The second-order valence-electron chi connectivity index (χ2n) is 7.07. The number of alkyl halides is 3. The Labute approximate surface area is 175 Å². The molecule has 0 amide bonds. The molecule has 3 heterocycles. The van der Waals surface area contributed by atoms with E-state index in [2.05, 4.69) is 10.1 Å². The summed E-state index contributed by atoms with van der Waals surface area (Å²) in [5.74, 6) is 0.856. The number of benzene rings is 1. The fraction of sp³-hybridized carbons (Fsp3) is 0.368. The van der Waals surface area contributed by atoms with Gasteiger partial charge in [0.1, 0.15) is 0 Å². The Kier molecular flexibility index (Phi) is 5.45. The van der Waals surface area contributed by atoms with Gasteiger partial charge in [0.15, 0.2) is 0 Å². The van der Waals surface area contributed by atoms with Gasteiger partial charge in [-0.15, -0.1) is 11.3 Å². The van der Waals surface area contributed by atoms with Gasteiger partial charge in [-0.3, -0.25) is 0 Å². The van der Waals surface area contributed by atoms with Gasteiger partial charge in [-0.2, -0.15) is 22.5 Å². The van der Waals surface area contributed by atoms with Crippen LogP contribution in [0.2, 0.25) is 0 Å². The highest BCUT2D eigenvalue weighted by atomic mass is 32.2. The van der Waals surface area contributed by atoms with Crippen molar-refractivity contribution in [3.63, 3.8) is 0 Å². The molecule has 1 fully saturated rings. The maximum absolute atomic E-state index is 12.9. The van der Waals surface area contributed by atoms with E-state index in [-0.39, 0.29) is 23.9 Å². The molecule has 6 nitrogen and oxygen atoms in total. The van der Waals surface area contributed by atoms with E-state index < -0.39 is 21.8 Å². The summed E-state index contributed by atoms with van der Waals surface area (Å²) in [4.78, 5) is 6.11. The first-order chi connectivity index (χ1) is 14.1. The number of rotatable bonds is 4. The molecule has 0 radical (unpaired) electrons. The second kappa shape index (κ2) is 7.78. The maximum Gasteiger partial charge on any atom is 0.416 e. The zero-order valence-corrected chi connectivity index (χ0v) is 17.5. The monoisotopic (exact) mass is 457 g/mol. The number of nitrogens with zero attached hydrogens (tertiary/aromatic N) is 3.